The van der Waals surface area contributed by atoms with Crippen molar-refractivity contribution in [2.75, 3.05) is 27.3 Å². The summed E-state index contributed by atoms with van der Waals surface area (Å²) in [4.78, 5) is 40.9. The quantitative estimate of drug-likeness (QED) is 0.367. The van der Waals surface area contributed by atoms with Crippen LogP contribution < -0.4 is 10.6 Å². The zero-order valence-corrected chi connectivity index (χ0v) is 24.9. The summed E-state index contributed by atoms with van der Waals surface area (Å²) in [5, 5.41) is 5.64. The number of alkyl carbamates (subject to hydrolysis) is 1. The van der Waals surface area contributed by atoms with E-state index in [9.17, 15) is 14.4 Å². The maximum absolute atomic E-state index is 13.8. The Hall–Kier alpha value is -3.39. The van der Waals surface area contributed by atoms with Crippen LogP contribution in [0.5, 0.6) is 0 Å². The summed E-state index contributed by atoms with van der Waals surface area (Å²) >= 11 is 0. The largest absolute Gasteiger partial charge is 0.449 e. The molecule has 218 valence electrons. The lowest BCUT2D eigenvalue weighted by atomic mass is 9.90. The van der Waals surface area contributed by atoms with Crippen molar-refractivity contribution in [2.45, 2.75) is 71.6 Å². The van der Waals surface area contributed by atoms with Gasteiger partial charge in [-0.15, -0.1) is 0 Å². The topological polar surface area (TPSA) is 97.0 Å². The molecule has 4 atom stereocenters. The highest BCUT2D eigenvalue weighted by Gasteiger charge is 2.38. The van der Waals surface area contributed by atoms with Crippen molar-refractivity contribution in [3.8, 4) is 11.1 Å². The van der Waals surface area contributed by atoms with E-state index < -0.39 is 18.2 Å². The molecule has 8 nitrogen and oxygen atoms in total. The minimum absolute atomic E-state index is 0.0654. The van der Waals surface area contributed by atoms with Crippen LogP contribution in [0.4, 0.5) is 4.79 Å². The number of benzene rings is 2. The molecule has 0 radical (unpaired) electrons. The Bertz CT molecular complexity index is 1120. The molecular weight excluding hydrogens is 506 g/mol. The van der Waals surface area contributed by atoms with E-state index in [-0.39, 0.29) is 48.6 Å². The first-order valence-corrected chi connectivity index (χ1v) is 14.3. The number of amides is 3. The van der Waals surface area contributed by atoms with E-state index in [1.807, 2.05) is 58.9 Å². The van der Waals surface area contributed by atoms with E-state index >= 15 is 0 Å². The molecular formula is C32H45N3O5. The predicted molar refractivity (Wildman–Crippen MR) is 157 cm³/mol. The van der Waals surface area contributed by atoms with Crippen LogP contribution in [0.25, 0.3) is 11.1 Å². The molecule has 0 aliphatic heterocycles. The fourth-order valence-corrected chi connectivity index (χ4v) is 5.68. The zero-order valence-electron chi connectivity index (χ0n) is 24.9. The van der Waals surface area contributed by atoms with Gasteiger partial charge in [0, 0.05) is 26.6 Å². The summed E-state index contributed by atoms with van der Waals surface area (Å²) in [6.45, 7) is 10.4. The van der Waals surface area contributed by atoms with Crippen molar-refractivity contribution >= 4 is 17.9 Å². The first-order valence-electron chi connectivity index (χ1n) is 14.3. The number of hydrogen-bond donors (Lipinski definition) is 2. The summed E-state index contributed by atoms with van der Waals surface area (Å²) in [6.07, 6.45) is -0.182. The fraction of sp³-hybridized carbons (Fsp3) is 0.531. The fourth-order valence-electron chi connectivity index (χ4n) is 5.68. The molecule has 0 aromatic heterocycles. The van der Waals surface area contributed by atoms with Gasteiger partial charge in [0.25, 0.3) is 0 Å². The summed E-state index contributed by atoms with van der Waals surface area (Å²) in [5.74, 6) is -0.555. The minimum atomic E-state index is -0.797. The number of likely N-dealkylation sites (N-methyl/N-ethyl adjacent to an activating group) is 1. The van der Waals surface area contributed by atoms with E-state index in [4.69, 9.17) is 9.47 Å². The second-order valence-electron chi connectivity index (χ2n) is 10.9. The first-order chi connectivity index (χ1) is 19.1. The van der Waals surface area contributed by atoms with E-state index in [1.165, 1.54) is 0 Å². The van der Waals surface area contributed by atoms with Gasteiger partial charge in [-0.25, -0.2) is 4.79 Å². The molecule has 0 heterocycles. The van der Waals surface area contributed by atoms with Gasteiger partial charge in [-0.2, -0.15) is 0 Å². The number of carbonyl (C=O) groups is 3. The maximum Gasteiger partial charge on any atom is 0.407 e. The van der Waals surface area contributed by atoms with Crippen molar-refractivity contribution < 1.29 is 23.9 Å². The minimum Gasteiger partial charge on any atom is -0.449 e. The van der Waals surface area contributed by atoms with Crippen LogP contribution in [0.3, 0.4) is 0 Å². The normalized spacial score (nSPS) is 15.4. The highest BCUT2D eigenvalue weighted by molar-refractivity contribution is 5.86. The molecule has 3 amide bonds. The molecule has 8 heteroatoms. The molecule has 0 saturated heterocycles. The molecule has 1 aliphatic rings. The maximum atomic E-state index is 13.8. The molecule has 0 fully saturated rings. The lowest BCUT2D eigenvalue weighted by Gasteiger charge is -2.39. The molecule has 40 heavy (non-hydrogen) atoms. The highest BCUT2D eigenvalue weighted by atomic mass is 16.5. The van der Waals surface area contributed by atoms with Gasteiger partial charge in [-0.05, 0) is 41.0 Å². The third-order valence-corrected chi connectivity index (χ3v) is 8.02. The van der Waals surface area contributed by atoms with Crippen molar-refractivity contribution in [1.82, 2.24) is 15.5 Å². The molecule has 0 bridgehead atoms. The monoisotopic (exact) mass is 551 g/mol. The van der Waals surface area contributed by atoms with E-state index in [1.54, 1.807) is 19.1 Å². The summed E-state index contributed by atoms with van der Waals surface area (Å²) < 4.78 is 11.5. The van der Waals surface area contributed by atoms with Gasteiger partial charge in [0.05, 0.1) is 18.6 Å². The van der Waals surface area contributed by atoms with Gasteiger partial charge in [0.15, 0.2) is 0 Å². The second-order valence-corrected chi connectivity index (χ2v) is 10.9. The number of carbonyl (C=O) groups excluding carboxylic acids is 3. The Kier molecular flexibility index (Phi) is 11.1. The van der Waals surface area contributed by atoms with Crippen molar-refractivity contribution in [3.05, 3.63) is 59.7 Å². The van der Waals surface area contributed by atoms with Crippen molar-refractivity contribution in [2.24, 2.45) is 11.8 Å². The number of nitrogens with one attached hydrogen (secondary N) is 2. The molecule has 0 spiro atoms. The van der Waals surface area contributed by atoms with Crippen molar-refractivity contribution in [3.63, 3.8) is 0 Å². The van der Waals surface area contributed by atoms with E-state index in [0.717, 1.165) is 28.7 Å². The Morgan fingerprint density at radius 2 is 1.52 bits per heavy atom. The number of hydrogen-bond acceptors (Lipinski definition) is 5. The van der Waals surface area contributed by atoms with E-state index in [2.05, 4.69) is 34.9 Å². The van der Waals surface area contributed by atoms with Crippen LogP contribution in [0.15, 0.2) is 48.5 Å². The van der Waals surface area contributed by atoms with Gasteiger partial charge >= 0.3 is 6.09 Å². The van der Waals surface area contributed by atoms with Crippen LogP contribution in [-0.2, 0) is 19.1 Å². The molecule has 2 N–H and O–H groups in total. The van der Waals surface area contributed by atoms with Gasteiger partial charge < -0.3 is 25.0 Å². The zero-order chi connectivity index (χ0) is 29.4. The van der Waals surface area contributed by atoms with Crippen LogP contribution in [0.1, 0.15) is 64.5 Å². The Balaban J connectivity index is 1.72. The number of fused-ring (bicyclic) bond motifs is 3. The second kappa shape index (κ2) is 14.3. The molecule has 1 aliphatic carbocycles. The average Bonchev–Trinajstić information content (AvgIpc) is 3.27. The molecule has 2 aromatic rings. The van der Waals surface area contributed by atoms with Crippen LogP contribution in [0.2, 0.25) is 0 Å². The molecule has 3 unspecified atom stereocenters. The van der Waals surface area contributed by atoms with E-state index in [0.29, 0.717) is 6.54 Å². The SMILES string of the molecule is CCNC(=O)CC(OC)C(C(C)CC)N(C)C(=O)[C@@H](NC(=O)OCC1c2ccccc2-c2ccccc21)C(C)C. The summed E-state index contributed by atoms with van der Waals surface area (Å²) in [7, 11) is 3.28. The lowest BCUT2D eigenvalue weighted by Crippen LogP contribution is -2.57. The number of ether oxygens (including phenoxy) is 2. The summed E-state index contributed by atoms with van der Waals surface area (Å²) in [5.41, 5.74) is 4.56. The van der Waals surface area contributed by atoms with Gasteiger partial charge in [0.1, 0.15) is 12.6 Å². The summed E-state index contributed by atoms with van der Waals surface area (Å²) in [6, 6.07) is 15.2. The molecule has 3 rings (SSSR count). The molecule has 0 saturated carbocycles. The lowest BCUT2D eigenvalue weighted by molar-refractivity contribution is -0.142. The number of methoxy groups -OCH3 is 1. The Morgan fingerprint density at radius 3 is 2.02 bits per heavy atom. The predicted octanol–water partition coefficient (Wildman–Crippen LogP) is 4.96. The smallest absolute Gasteiger partial charge is 0.407 e. The third kappa shape index (κ3) is 7.02. The third-order valence-electron chi connectivity index (χ3n) is 8.02. The Labute approximate surface area is 238 Å². The van der Waals surface area contributed by atoms with Crippen LogP contribution >= 0.6 is 0 Å². The van der Waals surface area contributed by atoms with Gasteiger partial charge in [-0.1, -0.05) is 82.6 Å². The highest BCUT2D eigenvalue weighted by Crippen LogP contribution is 2.44. The molecule has 2 aromatic carbocycles. The van der Waals surface area contributed by atoms with Gasteiger partial charge in [0.2, 0.25) is 11.8 Å². The van der Waals surface area contributed by atoms with Crippen molar-refractivity contribution in [1.29, 1.82) is 0 Å². The first kappa shape index (κ1) is 31.1. The number of nitrogens with zero attached hydrogens (tertiary/aromatic N) is 1. The van der Waals surface area contributed by atoms with Crippen LogP contribution in [0, 0.1) is 11.8 Å². The standard InChI is InChI=1S/C32H45N3O5/c1-8-21(5)30(27(39-7)18-28(36)33-9-2)35(6)31(37)29(20(3)4)34-32(38)40-19-26-24-16-12-10-14-22(24)23-15-11-13-17-25(23)26/h10-17,20-21,26-27,29-30H,8-9,18-19H2,1-7H3,(H,33,36)(H,34,38)/t21?,27?,29-,30?/m0/s1. The number of rotatable bonds is 13. The average molecular weight is 552 g/mol. The van der Waals surface area contributed by atoms with Crippen LogP contribution in [-0.4, -0.2) is 68.3 Å². The Morgan fingerprint density at radius 1 is 0.950 bits per heavy atom. The van der Waals surface area contributed by atoms with Gasteiger partial charge in [-0.3, -0.25) is 9.59 Å².